The molecule has 0 saturated heterocycles. The smallest absolute Gasteiger partial charge is 0.332 e. The van der Waals surface area contributed by atoms with Crippen molar-refractivity contribution in [1.29, 1.82) is 0 Å². The molecular formula is C30H40N8O5. The fourth-order valence-electron chi connectivity index (χ4n) is 4.90. The van der Waals surface area contributed by atoms with E-state index < -0.39 is 23.6 Å². The monoisotopic (exact) mass is 592 g/mol. The van der Waals surface area contributed by atoms with E-state index in [1.807, 2.05) is 60.4 Å². The lowest BCUT2D eigenvalue weighted by atomic mass is 9.73. The Morgan fingerprint density at radius 2 is 1.49 bits per heavy atom. The first kappa shape index (κ1) is 33.1. The maximum atomic E-state index is 11.9. The molecule has 230 valence electrons. The molecule has 2 aromatic rings. The van der Waals surface area contributed by atoms with Crippen LogP contribution in [-0.2, 0) is 14.3 Å². The van der Waals surface area contributed by atoms with Crippen molar-refractivity contribution < 1.29 is 24.5 Å². The zero-order valence-electron chi connectivity index (χ0n) is 25.1. The Hall–Kier alpha value is -4.41. The molecule has 2 aromatic carbocycles. The predicted molar refractivity (Wildman–Crippen MR) is 166 cm³/mol. The molecule has 0 aliphatic heterocycles. The van der Waals surface area contributed by atoms with E-state index in [9.17, 15) is 15.0 Å². The second-order valence-corrected chi connectivity index (χ2v) is 11.0. The lowest BCUT2D eigenvalue weighted by molar-refractivity contribution is -0.160. The van der Waals surface area contributed by atoms with Crippen LogP contribution in [0.15, 0.2) is 64.5 Å². The van der Waals surface area contributed by atoms with Gasteiger partial charge < -0.3 is 29.5 Å². The first-order chi connectivity index (χ1) is 20.6. The standard InChI is InChI=1S/C30H40N8O5/c1-5-37(16-14-33-35-31)23-10-6-21(7-11-23)26-28(40)27(29(26)41)22-8-12-24(13-9-22)38(17-15-34-36-32)18-19-42-20-25(39)43-30(2,3)4/h6-13,26,28,40-41H,5,14-20H2,1-4H3. The third kappa shape index (κ3) is 9.29. The quantitative estimate of drug-likeness (QED) is 0.0821. The van der Waals surface area contributed by atoms with Crippen molar-refractivity contribution in [1.82, 2.24) is 0 Å². The number of anilines is 2. The summed E-state index contributed by atoms with van der Waals surface area (Å²) in [4.78, 5) is 21.6. The zero-order valence-corrected chi connectivity index (χ0v) is 25.1. The number of nitrogens with zero attached hydrogens (tertiary/aromatic N) is 8. The number of aliphatic hydroxyl groups excluding tert-OH is 2. The highest BCUT2D eigenvalue weighted by Gasteiger charge is 2.41. The van der Waals surface area contributed by atoms with E-state index >= 15 is 0 Å². The molecule has 1 aliphatic rings. The number of hydrogen-bond donors (Lipinski definition) is 2. The van der Waals surface area contributed by atoms with E-state index in [1.54, 1.807) is 20.8 Å². The first-order valence-electron chi connectivity index (χ1n) is 14.2. The summed E-state index contributed by atoms with van der Waals surface area (Å²) >= 11 is 0. The molecule has 0 radical (unpaired) electrons. The van der Waals surface area contributed by atoms with Crippen LogP contribution in [0.5, 0.6) is 0 Å². The number of hydrogen-bond acceptors (Lipinski definition) is 9. The van der Waals surface area contributed by atoms with Gasteiger partial charge in [-0.15, -0.1) is 0 Å². The largest absolute Gasteiger partial charge is 0.511 e. The van der Waals surface area contributed by atoms with Crippen molar-refractivity contribution in [2.24, 2.45) is 10.2 Å². The van der Waals surface area contributed by atoms with Gasteiger partial charge in [0.1, 0.15) is 18.0 Å². The molecule has 3 rings (SSSR count). The third-order valence-electron chi connectivity index (χ3n) is 6.94. The summed E-state index contributed by atoms with van der Waals surface area (Å²) in [5.74, 6) is -0.840. The molecule has 0 aromatic heterocycles. The van der Waals surface area contributed by atoms with Gasteiger partial charge in [-0.3, -0.25) is 0 Å². The van der Waals surface area contributed by atoms with Crippen molar-refractivity contribution in [3.8, 4) is 0 Å². The first-order valence-corrected chi connectivity index (χ1v) is 14.2. The van der Waals surface area contributed by atoms with Gasteiger partial charge in [-0.05, 0) is 74.1 Å². The van der Waals surface area contributed by atoms with E-state index in [0.717, 1.165) is 23.5 Å². The number of aliphatic hydroxyl groups is 2. The topological polar surface area (TPSA) is 180 Å². The van der Waals surface area contributed by atoms with Gasteiger partial charge in [0, 0.05) is 66.0 Å². The lowest BCUT2D eigenvalue weighted by Gasteiger charge is -2.36. The molecule has 13 heteroatoms. The summed E-state index contributed by atoms with van der Waals surface area (Å²) in [6.07, 6.45) is -0.869. The van der Waals surface area contributed by atoms with Gasteiger partial charge in [-0.25, -0.2) is 4.79 Å². The molecule has 0 bridgehead atoms. The number of ether oxygens (including phenoxy) is 2. The van der Waals surface area contributed by atoms with E-state index in [4.69, 9.17) is 20.5 Å². The Balaban J connectivity index is 1.66. The summed E-state index contributed by atoms with van der Waals surface area (Å²) in [5.41, 5.74) is 20.4. The average molecular weight is 593 g/mol. The molecule has 0 fully saturated rings. The lowest BCUT2D eigenvalue weighted by Crippen LogP contribution is -2.33. The second kappa shape index (κ2) is 15.7. The molecule has 1 aliphatic carbocycles. The van der Waals surface area contributed by atoms with Gasteiger partial charge in [-0.2, -0.15) is 0 Å². The van der Waals surface area contributed by atoms with Crippen molar-refractivity contribution in [2.45, 2.75) is 45.3 Å². The van der Waals surface area contributed by atoms with Crippen LogP contribution in [0.3, 0.4) is 0 Å². The Kier molecular flexibility index (Phi) is 12.1. The highest BCUT2D eigenvalue weighted by atomic mass is 16.6. The number of likely N-dealkylation sites (N-methyl/N-ethyl adjacent to an activating group) is 1. The molecule has 13 nitrogen and oxygen atoms in total. The molecule has 0 spiro atoms. The van der Waals surface area contributed by atoms with E-state index in [0.29, 0.717) is 37.3 Å². The maximum absolute atomic E-state index is 11.9. The van der Waals surface area contributed by atoms with Gasteiger partial charge in [0.15, 0.2) is 0 Å². The highest BCUT2D eigenvalue weighted by molar-refractivity contribution is 5.80. The number of carbonyl (C=O) groups excluding carboxylic acids is 1. The fourth-order valence-corrected chi connectivity index (χ4v) is 4.90. The van der Waals surface area contributed by atoms with Crippen LogP contribution in [-0.4, -0.2) is 80.4 Å². The van der Waals surface area contributed by atoms with E-state index in [-0.39, 0.29) is 25.5 Å². The fraction of sp³-hybridized carbons (Fsp3) is 0.500. The Morgan fingerprint density at radius 3 is 2.02 bits per heavy atom. The highest BCUT2D eigenvalue weighted by Crippen LogP contribution is 2.46. The Bertz CT molecular complexity index is 1340. The Morgan fingerprint density at radius 1 is 0.930 bits per heavy atom. The molecule has 2 N–H and O–H groups in total. The SMILES string of the molecule is CCN(CCN=[N+]=[N-])c1ccc(C2C(O)=C(c3ccc(N(CCN=[N+]=[N-])CCOCC(=O)OC(C)(C)C)cc3)C2O)cc1. The van der Waals surface area contributed by atoms with E-state index in [2.05, 4.69) is 25.0 Å². The van der Waals surface area contributed by atoms with Crippen molar-refractivity contribution in [2.75, 3.05) is 62.3 Å². The summed E-state index contributed by atoms with van der Waals surface area (Å²) in [6, 6.07) is 15.0. The summed E-state index contributed by atoms with van der Waals surface area (Å²) in [6.45, 7) is 10.3. The van der Waals surface area contributed by atoms with Gasteiger partial charge >= 0.3 is 5.97 Å². The van der Waals surface area contributed by atoms with Crippen molar-refractivity contribution >= 4 is 22.9 Å². The zero-order chi connectivity index (χ0) is 31.4. The summed E-state index contributed by atoms with van der Waals surface area (Å²) in [7, 11) is 0. The molecule has 0 amide bonds. The van der Waals surface area contributed by atoms with Crippen LogP contribution < -0.4 is 9.80 Å². The average Bonchev–Trinajstić information content (AvgIpc) is 2.97. The number of benzene rings is 2. The van der Waals surface area contributed by atoms with Gasteiger partial charge in [0.25, 0.3) is 0 Å². The van der Waals surface area contributed by atoms with Crippen LogP contribution in [0.1, 0.15) is 44.7 Å². The predicted octanol–water partition coefficient (Wildman–Crippen LogP) is 5.73. The molecule has 2 atom stereocenters. The second-order valence-electron chi connectivity index (χ2n) is 11.0. The number of esters is 1. The van der Waals surface area contributed by atoms with Crippen LogP contribution in [0.25, 0.3) is 26.5 Å². The van der Waals surface area contributed by atoms with Crippen molar-refractivity contribution in [3.05, 3.63) is 86.3 Å². The Labute approximate surface area is 251 Å². The van der Waals surface area contributed by atoms with Crippen LogP contribution in [0.2, 0.25) is 0 Å². The molecule has 2 unspecified atom stereocenters. The summed E-state index contributed by atoms with van der Waals surface area (Å²) < 4.78 is 10.8. The molecular weight excluding hydrogens is 552 g/mol. The normalized spacial score (nSPS) is 16.0. The molecule has 0 saturated carbocycles. The number of rotatable bonds is 16. The summed E-state index contributed by atoms with van der Waals surface area (Å²) in [5, 5.41) is 29.2. The number of azide groups is 2. The molecule has 0 heterocycles. The van der Waals surface area contributed by atoms with Gasteiger partial charge in [0.05, 0.1) is 18.6 Å². The van der Waals surface area contributed by atoms with E-state index in [1.165, 1.54) is 0 Å². The minimum absolute atomic E-state index is 0.125. The van der Waals surface area contributed by atoms with Gasteiger partial charge in [0.2, 0.25) is 0 Å². The minimum atomic E-state index is -0.869. The number of carbonyl (C=O) groups is 1. The maximum Gasteiger partial charge on any atom is 0.332 e. The van der Waals surface area contributed by atoms with Gasteiger partial charge in [-0.1, -0.05) is 34.5 Å². The van der Waals surface area contributed by atoms with Crippen LogP contribution >= 0.6 is 0 Å². The molecule has 43 heavy (non-hydrogen) atoms. The van der Waals surface area contributed by atoms with Crippen molar-refractivity contribution in [3.63, 3.8) is 0 Å². The third-order valence-corrected chi connectivity index (χ3v) is 6.94. The minimum Gasteiger partial charge on any atom is -0.511 e. The van der Waals surface area contributed by atoms with Crippen LogP contribution in [0.4, 0.5) is 11.4 Å². The van der Waals surface area contributed by atoms with Crippen LogP contribution in [0, 0.1) is 0 Å².